The first kappa shape index (κ1) is 12.8. The van der Waals surface area contributed by atoms with Crippen molar-refractivity contribution in [3.05, 3.63) is 52.6 Å². The van der Waals surface area contributed by atoms with E-state index in [0.29, 0.717) is 0 Å². The van der Waals surface area contributed by atoms with E-state index >= 15 is 0 Å². The standard InChI is InChI=1S/C14H20N4/c1-9-7-10(2)12(11(3)8-9)13(17-15)14-16-5-6-18(14)4/h5-8,13,17H,15H2,1-4H3. The Kier molecular flexibility index (Phi) is 3.50. The van der Waals surface area contributed by atoms with Gasteiger partial charge in [-0.05, 0) is 37.5 Å². The highest BCUT2D eigenvalue weighted by Gasteiger charge is 2.20. The molecule has 0 aliphatic rings. The molecule has 1 unspecified atom stereocenters. The van der Waals surface area contributed by atoms with E-state index < -0.39 is 0 Å². The molecule has 2 aromatic rings. The number of nitrogens with zero attached hydrogens (tertiary/aromatic N) is 2. The van der Waals surface area contributed by atoms with E-state index in [1.54, 1.807) is 6.20 Å². The number of hydrogen-bond acceptors (Lipinski definition) is 3. The van der Waals surface area contributed by atoms with Gasteiger partial charge in [-0.1, -0.05) is 17.7 Å². The van der Waals surface area contributed by atoms with Gasteiger partial charge in [0, 0.05) is 19.4 Å². The number of hydrazine groups is 1. The lowest BCUT2D eigenvalue weighted by Gasteiger charge is -2.21. The number of aryl methyl sites for hydroxylation is 4. The van der Waals surface area contributed by atoms with Gasteiger partial charge in [-0.3, -0.25) is 5.84 Å². The summed E-state index contributed by atoms with van der Waals surface area (Å²) in [5.41, 5.74) is 7.82. The van der Waals surface area contributed by atoms with E-state index in [1.165, 1.54) is 22.3 Å². The number of nitrogens with two attached hydrogens (primary N) is 1. The highest BCUT2D eigenvalue weighted by molar-refractivity contribution is 5.42. The average molecular weight is 244 g/mol. The molecule has 1 heterocycles. The molecule has 1 atom stereocenters. The van der Waals surface area contributed by atoms with Crippen molar-refractivity contribution in [3.63, 3.8) is 0 Å². The van der Waals surface area contributed by atoms with Crippen molar-refractivity contribution in [2.45, 2.75) is 26.8 Å². The van der Waals surface area contributed by atoms with Crippen LogP contribution >= 0.6 is 0 Å². The molecule has 96 valence electrons. The average Bonchev–Trinajstić information content (AvgIpc) is 2.69. The van der Waals surface area contributed by atoms with Gasteiger partial charge in [0.2, 0.25) is 0 Å². The van der Waals surface area contributed by atoms with Gasteiger partial charge >= 0.3 is 0 Å². The summed E-state index contributed by atoms with van der Waals surface area (Å²) in [6.07, 6.45) is 3.72. The molecule has 0 aliphatic carbocycles. The van der Waals surface area contributed by atoms with Crippen LogP contribution in [0.4, 0.5) is 0 Å². The molecule has 0 radical (unpaired) electrons. The number of hydrogen-bond donors (Lipinski definition) is 2. The Hall–Kier alpha value is -1.65. The number of imidazole rings is 1. The van der Waals surface area contributed by atoms with Crippen molar-refractivity contribution in [2.75, 3.05) is 0 Å². The van der Waals surface area contributed by atoms with Gasteiger partial charge in [-0.25, -0.2) is 10.4 Å². The minimum atomic E-state index is -0.0781. The fourth-order valence-electron chi connectivity index (χ4n) is 2.59. The van der Waals surface area contributed by atoms with Gasteiger partial charge in [-0.15, -0.1) is 0 Å². The lowest BCUT2D eigenvalue weighted by atomic mass is 9.94. The van der Waals surface area contributed by atoms with E-state index in [-0.39, 0.29) is 6.04 Å². The molecule has 4 heteroatoms. The van der Waals surface area contributed by atoms with E-state index in [4.69, 9.17) is 5.84 Å². The van der Waals surface area contributed by atoms with Gasteiger partial charge in [0.05, 0.1) is 0 Å². The van der Waals surface area contributed by atoms with Crippen molar-refractivity contribution < 1.29 is 0 Å². The zero-order chi connectivity index (χ0) is 13.3. The van der Waals surface area contributed by atoms with Crippen molar-refractivity contribution in [1.29, 1.82) is 0 Å². The second-order valence-electron chi connectivity index (χ2n) is 4.81. The van der Waals surface area contributed by atoms with Crippen LogP contribution in [0.5, 0.6) is 0 Å². The quantitative estimate of drug-likeness (QED) is 0.640. The first-order chi connectivity index (χ1) is 8.54. The molecular formula is C14H20N4. The lowest BCUT2D eigenvalue weighted by Crippen LogP contribution is -2.32. The Balaban J connectivity index is 2.56. The Morgan fingerprint density at radius 3 is 2.28 bits per heavy atom. The molecule has 0 aliphatic heterocycles. The largest absolute Gasteiger partial charge is 0.336 e. The molecule has 1 aromatic carbocycles. The van der Waals surface area contributed by atoms with Crippen molar-refractivity contribution in [1.82, 2.24) is 15.0 Å². The second kappa shape index (κ2) is 4.92. The zero-order valence-corrected chi connectivity index (χ0v) is 11.4. The summed E-state index contributed by atoms with van der Waals surface area (Å²) in [4.78, 5) is 4.39. The Morgan fingerprint density at radius 1 is 1.22 bits per heavy atom. The summed E-state index contributed by atoms with van der Waals surface area (Å²) in [5, 5.41) is 0. The van der Waals surface area contributed by atoms with Crippen LogP contribution in [0.1, 0.15) is 34.1 Å². The molecule has 0 amide bonds. The van der Waals surface area contributed by atoms with Crippen LogP contribution < -0.4 is 11.3 Å². The summed E-state index contributed by atoms with van der Waals surface area (Å²) < 4.78 is 1.99. The molecule has 0 spiro atoms. The molecular weight excluding hydrogens is 224 g/mol. The van der Waals surface area contributed by atoms with E-state index in [0.717, 1.165) is 5.82 Å². The summed E-state index contributed by atoms with van der Waals surface area (Å²) in [6.45, 7) is 6.33. The van der Waals surface area contributed by atoms with Gasteiger partial charge in [0.15, 0.2) is 0 Å². The van der Waals surface area contributed by atoms with Gasteiger partial charge in [0.25, 0.3) is 0 Å². The van der Waals surface area contributed by atoms with Crippen LogP contribution in [0.15, 0.2) is 24.5 Å². The maximum atomic E-state index is 5.74. The third-order valence-corrected chi connectivity index (χ3v) is 3.31. The van der Waals surface area contributed by atoms with Crippen LogP contribution in [0.25, 0.3) is 0 Å². The Bertz CT molecular complexity index is 534. The predicted molar refractivity (Wildman–Crippen MR) is 73.0 cm³/mol. The molecule has 2 rings (SSSR count). The number of benzene rings is 1. The van der Waals surface area contributed by atoms with Crippen molar-refractivity contribution in [2.24, 2.45) is 12.9 Å². The molecule has 0 saturated carbocycles. The normalized spacial score (nSPS) is 12.7. The minimum absolute atomic E-state index is 0.0781. The third-order valence-electron chi connectivity index (χ3n) is 3.31. The highest BCUT2D eigenvalue weighted by atomic mass is 15.3. The van der Waals surface area contributed by atoms with Gasteiger partial charge in [-0.2, -0.15) is 0 Å². The fourth-order valence-corrected chi connectivity index (χ4v) is 2.59. The summed E-state index contributed by atoms with van der Waals surface area (Å²) in [7, 11) is 1.98. The van der Waals surface area contributed by atoms with Crippen molar-refractivity contribution >= 4 is 0 Å². The highest BCUT2D eigenvalue weighted by Crippen LogP contribution is 2.27. The van der Waals surface area contributed by atoms with E-state index in [2.05, 4.69) is 43.3 Å². The molecule has 0 saturated heterocycles. The molecule has 0 fully saturated rings. The van der Waals surface area contributed by atoms with E-state index in [1.807, 2.05) is 17.8 Å². The third kappa shape index (κ3) is 2.17. The maximum Gasteiger partial charge on any atom is 0.131 e. The number of aromatic nitrogens is 2. The van der Waals surface area contributed by atoms with E-state index in [9.17, 15) is 0 Å². The summed E-state index contributed by atoms with van der Waals surface area (Å²) in [6, 6.07) is 4.27. The first-order valence-corrected chi connectivity index (χ1v) is 6.05. The van der Waals surface area contributed by atoms with Crippen LogP contribution in [0.3, 0.4) is 0 Å². The molecule has 18 heavy (non-hydrogen) atoms. The Morgan fingerprint density at radius 2 is 1.83 bits per heavy atom. The Labute approximate surface area is 108 Å². The SMILES string of the molecule is Cc1cc(C)c(C(NN)c2nccn2C)c(C)c1. The van der Waals surface area contributed by atoms with Gasteiger partial charge < -0.3 is 4.57 Å². The maximum absolute atomic E-state index is 5.74. The second-order valence-corrected chi connectivity index (χ2v) is 4.81. The van der Waals surface area contributed by atoms with Crippen LogP contribution in [-0.4, -0.2) is 9.55 Å². The summed E-state index contributed by atoms with van der Waals surface area (Å²) in [5.74, 6) is 6.66. The molecule has 4 nitrogen and oxygen atoms in total. The fraction of sp³-hybridized carbons (Fsp3) is 0.357. The summed E-state index contributed by atoms with van der Waals surface area (Å²) >= 11 is 0. The topological polar surface area (TPSA) is 55.9 Å². The zero-order valence-electron chi connectivity index (χ0n) is 11.4. The molecule has 3 N–H and O–H groups in total. The smallest absolute Gasteiger partial charge is 0.131 e. The number of nitrogens with one attached hydrogen (secondary N) is 1. The van der Waals surface area contributed by atoms with Crippen LogP contribution in [0.2, 0.25) is 0 Å². The predicted octanol–water partition coefficient (Wildman–Crippen LogP) is 1.90. The van der Waals surface area contributed by atoms with Crippen LogP contribution in [0, 0.1) is 20.8 Å². The number of rotatable bonds is 3. The first-order valence-electron chi connectivity index (χ1n) is 6.05. The monoisotopic (exact) mass is 244 g/mol. The molecule has 0 bridgehead atoms. The molecule has 1 aromatic heterocycles. The van der Waals surface area contributed by atoms with Crippen molar-refractivity contribution in [3.8, 4) is 0 Å². The minimum Gasteiger partial charge on any atom is -0.336 e. The lowest BCUT2D eigenvalue weighted by molar-refractivity contribution is 0.575. The van der Waals surface area contributed by atoms with Crippen LogP contribution in [-0.2, 0) is 7.05 Å². The van der Waals surface area contributed by atoms with Gasteiger partial charge in [0.1, 0.15) is 11.9 Å².